The van der Waals surface area contributed by atoms with Crippen molar-refractivity contribution in [1.82, 2.24) is 0 Å². The second-order valence-electron chi connectivity index (χ2n) is 2.31. The van der Waals surface area contributed by atoms with Crippen LogP contribution in [0, 0.1) is 5.92 Å². The highest BCUT2D eigenvalue weighted by Crippen LogP contribution is 1.94. The molecule has 0 aromatic carbocycles. The van der Waals surface area contributed by atoms with Gasteiger partial charge in [-0.3, -0.25) is 4.79 Å². The average molecular weight is 162 g/mol. The van der Waals surface area contributed by atoms with Gasteiger partial charge in [-0.1, -0.05) is 0 Å². The molecule has 0 amide bonds. The Morgan fingerprint density at radius 2 is 2.18 bits per heavy atom. The van der Waals surface area contributed by atoms with Gasteiger partial charge in [-0.2, -0.15) is 0 Å². The second-order valence-corrected chi connectivity index (χ2v) is 2.31. The number of methoxy groups -OCH3 is 1. The molecule has 0 aromatic rings. The van der Waals surface area contributed by atoms with Crippen molar-refractivity contribution < 1.29 is 19.4 Å². The Morgan fingerprint density at radius 3 is 2.64 bits per heavy atom. The number of hydrogen-bond donors (Lipinski definition) is 1. The van der Waals surface area contributed by atoms with Gasteiger partial charge in [-0.15, -0.1) is 0 Å². The molecule has 0 heterocycles. The quantitative estimate of drug-likeness (QED) is 0.573. The smallest absolute Gasteiger partial charge is 0.308 e. The molecule has 0 fully saturated rings. The lowest BCUT2D eigenvalue weighted by Gasteiger charge is -2.06. The van der Waals surface area contributed by atoms with Crippen molar-refractivity contribution in [1.29, 1.82) is 0 Å². The Kier molecular flexibility index (Phi) is 5.78. The van der Waals surface area contributed by atoms with Gasteiger partial charge in [0.1, 0.15) is 0 Å². The van der Waals surface area contributed by atoms with E-state index in [4.69, 9.17) is 14.6 Å². The monoisotopic (exact) mass is 162 g/mol. The topological polar surface area (TPSA) is 55.8 Å². The summed E-state index contributed by atoms with van der Waals surface area (Å²) >= 11 is 0. The molecule has 1 N–H and O–H groups in total. The maximum Gasteiger partial charge on any atom is 0.308 e. The molecule has 1 atom stereocenters. The normalized spacial score (nSPS) is 12.9. The Morgan fingerprint density at radius 1 is 1.55 bits per heavy atom. The number of carbonyl (C=O) groups is 1. The molecule has 0 unspecified atom stereocenters. The molecule has 0 spiro atoms. The zero-order valence-electron chi connectivity index (χ0n) is 6.87. The van der Waals surface area contributed by atoms with Gasteiger partial charge in [-0.05, 0) is 6.92 Å². The Hall–Kier alpha value is -0.610. The maximum atomic E-state index is 10.3. The van der Waals surface area contributed by atoms with Crippen molar-refractivity contribution in [3.05, 3.63) is 0 Å². The first-order valence-corrected chi connectivity index (χ1v) is 3.48. The highest BCUT2D eigenvalue weighted by molar-refractivity contribution is 5.69. The number of hydrogen-bond acceptors (Lipinski definition) is 3. The SMILES string of the molecule is COCCOC[C@H](C)C(=O)O. The second kappa shape index (κ2) is 6.12. The number of carboxylic acid groups (broad SMARTS) is 1. The van der Waals surface area contributed by atoms with Crippen molar-refractivity contribution >= 4 is 5.97 Å². The fourth-order valence-electron chi connectivity index (χ4n) is 0.474. The Balaban J connectivity index is 3.17. The van der Waals surface area contributed by atoms with E-state index < -0.39 is 11.9 Å². The van der Waals surface area contributed by atoms with Crippen molar-refractivity contribution in [3.63, 3.8) is 0 Å². The van der Waals surface area contributed by atoms with Gasteiger partial charge < -0.3 is 14.6 Å². The summed E-state index contributed by atoms with van der Waals surface area (Å²) in [7, 11) is 1.57. The van der Waals surface area contributed by atoms with Gasteiger partial charge >= 0.3 is 5.97 Å². The summed E-state index contributed by atoms with van der Waals surface area (Å²) in [5.74, 6) is -1.27. The standard InChI is InChI=1S/C7H14O4/c1-6(7(8)9)5-11-4-3-10-2/h6H,3-5H2,1-2H3,(H,8,9)/t6-/m0/s1. The van der Waals surface area contributed by atoms with Crippen LogP contribution in [0.3, 0.4) is 0 Å². The fourth-order valence-corrected chi connectivity index (χ4v) is 0.474. The van der Waals surface area contributed by atoms with Crippen LogP contribution in [0.4, 0.5) is 0 Å². The molecule has 0 radical (unpaired) electrons. The van der Waals surface area contributed by atoms with E-state index >= 15 is 0 Å². The van der Waals surface area contributed by atoms with Gasteiger partial charge in [0.25, 0.3) is 0 Å². The van der Waals surface area contributed by atoms with E-state index in [-0.39, 0.29) is 6.61 Å². The molecular formula is C7H14O4. The van der Waals surface area contributed by atoms with Gasteiger partial charge in [0.2, 0.25) is 0 Å². The van der Waals surface area contributed by atoms with E-state index in [2.05, 4.69) is 0 Å². The number of rotatable bonds is 6. The summed E-state index contributed by atoms with van der Waals surface area (Å²) < 4.78 is 9.70. The number of aliphatic carboxylic acids is 1. The molecule has 4 heteroatoms. The van der Waals surface area contributed by atoms with Crippen molar-refractivity contribution in [2.24, 2.45) is 5.92 Å². The minimum absolute atomic E-state index is 0.249. The third-order valence-electron chi connectivity index (χ3n) is 1.22. The van der Waals surface area contributed by atoms with Crippen molar-refractivity contribution in [2.45, 2.75) is 6.92 Å². The number of carboxylic acids is 1. The molecular weight excluding hydrogens is 148 g/mol. The van der Waals surface area contributed by atoms with Crippen LogP contribution >= 0.6 is 0 Å². The predicted molar refractivity (Wildman–Crippen MR) is 39.5 cm³/mol. The lowest BCUT2D eigenvalue weighted by atomic mass is 10.2. The van der Waals surface area contributed by atoms with Crippen LogP contribution in [0.5, 0.6) is 0 Å². The van der Waals surface area contributed by atoms with E-state index in [0.29, 0.717) is 13.2 Å². The Labute approximate surface area is 66.1 Å². The third-order valence-corrected chi connectivity index (χ3v) is 1.22. The van der Waals surface area contributed by atoms with Gasteiger partial charge in [-0.25, -0.2) is 0 Å². The van der Waals surface area contributed by atoms with E-state index in [1.165, 1.54) is 0 Å². The van der Waals surface area contributed by atoms with Gasteiger partial charge in [0.05, 0.1) is 25.7 Å². The van der Waals surface area contributed by atoms with E-state index in [9.17, 15) is 4.79 Å². The van der Waals surface area contributed by atoms with E-state index in [1.807, 2.05) is 0 Å². The largest absolute Gasteiger partial charge is 0.481 e. The highest BCUT2D eigenvalue weighted by atomic mass is 16.5. The molecule has 0 saturated carbocycles. The molecule has 0 saturated heterocycles. The zero-order valence-corrected chi connectivity index (χ0v) is 6.87. The lowest BCUT2D eigenvalue weighted by Crippen LogP contribution is -2.17. The molecule has 0 aliphatic heterocycles. The molecule has 0 aliphatic rings. The molecule has 0 aromatic heterocycles. The summed E-state index contributed by atoms with van der Waals surface area (Å²) in [5, 5.41) is 8.43. The molecule has 4 nitrogen and oxygen atoms in total. The third kappa shape index (κ3) is 5.82. The first-order chi connectivity index (χ1) is 5.18. The van der Waals surface area contributed by atoms with Crippen molar-refractivity contribution in [2.75, 3.05) is 26.9 Å². The molecule has 0 bridgehead atoms. The highest BCUT2D eigenvalue weighted by Gasteiger charge is 2.09. The minimum Gasteiger partial charge on any atom is -0.481 e. The summed E-state index contributed by atoms with van der Waals surface area (Å²) in [4.78, 5) is 10.3. The molecule has 0 aliphatic carbocycles. The predicted octanol–water partition coefficient (Wildman–Crippen LogP) is 0.370. The first kappa shape index (κ1) is 10.4. The van der Waals surface area contributed by atoms with Crippen molar-refractivity contribution in [3.8, 4) is 0 Å². The number of ether oxygens (including phenoxy) is 2. The van der Waals surface area contributed by atoms with Crippen LogP contribution in [0.2, 0.25) is 0 Å². The van der Waals surface area contributed by atoms with Crippen LogP contribution in [-0.2, 0) is 14.3 Å². The molecule has 0 rings (SSSR count). The fraction of sp³-hybridized carbons (Fsp3) is 0.857. The van der Waals surface area contributed by atoms with Gasteiger partial charge in [0.15, 0.2) is 0 Å². The first-order valence-electron chi connectivity index (χ1n) is 3.48. The summed E-state index contributed by atoms with van der Waals surface area (Å²) in [5.41, 5.74) is 0. The van der Waals surface area contributed by atoms with Crippen LogP contribution < -0.4 is 0 Å². The Bertz CT molecular complexity index is 113. The van der Waals surface area contributed by atoms with Crippen LogP contribution in [0.1, 0.15) is 6.92 Å². The van der Waals surface area contributed by atoms with Crippen LogP contribution in [0.25, 0.3) is 0 Å². The van der Waals surface area contributed by atoms with E-state index in [1.54, 1.807) is 14.0 Å². The molecule has 66 valence electrons. The minimum atomic E-state index is -0.831. The van der Waals surface area contributed by atoms with Gasteiger partial charge in [0, 0.05) is 7.11 Å². The summed E-state index contributed by atoms with van der Waals surface area (Å²) in [6.45, 7) is 2.81. The lowest BCUT2D eigenvalue weighted by molar-refractivity contribution is -0.143. The molecule has 11 heavy (non-hydrogen) atoms. The summed E-state index contributed by atoms with van der Waals surface area (Å²) in [6, 6.07) is 0. The van der Waals surface area contributed by atoms with Crippen LogP contribution in [0.15, 0.2) is 0 Å². The van der Waals surface area contributed by atoms with E-state index in [0.717, 1.165) is 0 Å². The average Bonchev–Trinajstić information content (AvgIpc) is 1.97. The maximum absolute atomic E-state index is 10.3. The van der Waals surface area contributed by atoms with Crippen LogP contribution in [-0.4, -0.2) is 38.0 Å². The summed E-state index contributed by atoms with van der Waals surface area (Å²) in [6.07, 6.45) is 0. The zero-order chi connectivity index (χ0) is 8.69.